The molecule has 7 heteroatoms. The Morgan fingerprint density at radius 1 is 1.14 bits per heavy atom. The van der Waals surface area contributed by atoms with Crippen molar-refractivity contribution in [2.45, 2.75) is 0 Å². The molecular formula is C21H17FN4O2. The van der Waals surface area contributed by atoms with E-state index in [-0.39, 0.29) is 11.7 Å². The zero-order chi connectivity index (χ0) is 19.7. The minimum Gasteiger partial charge on any atom is -0.496 e. The topological polar surface area (TPSA) is 83.2 Å². The third kappa shape index (κ3) is 3.08. The molecule has 0 aliphatic rings. The van der Waals surface area contributed by atoms with Gasteiger partial charge in [0.25, 0.3) is 0 Å². The summed E-state index contributed by atoms with van der Waals surface area (Å²) in [5.74, 6) is 0.159. The lowest BCUT2D eigenvalue weighted by Gasteiger charge is -2.11. The van der Waals surface area contributed by atoms with E-state index in [0.29, 0.717) is 22.4 Å². The maximum atomic E-state index is 13.8. The van der Waals surface area contributed by atoms with Crippen LogP contribution in [0.2, 0.25) is 0 Å². The predicted octanol–water partition coefficient (Wildman–Crippen LogP) is 4.14. The molecule has 3 aromatic carbocycles. The highest BCUT2D eigenvalue weighted by Crippen LogP contribution is 2.32. The molecule has 0 fully saturated rings. The first-order valence-electron chi connectivity index (χ1n) is 8.51. The fourth-order valence-electron chi connectivity index (χ4n) is 3.17. The summed E-state index contributed by atoms with van der Waals surface area (Å²) < 4.78 is 21.0. The molecule has 0 aliphatic heterocycles. The molecule has 28 heavy (non-hydrogen) atoms. The lowest BCUT2D eigenvalue weighted by atomic mass is 10.0. The summed E-state index contributed by atoms with van der Waals surface area (Å²) in [7, 11) is 1.56. The van der Waals surface area contributed by atoms with Gasteiger partial charge in [-0.1, -0.05) is 12.1 Å². The normalized spacial score (nSPS) is 10.8. The Hall–Kier alpha value is -3.71. The van der Waals surface area contributed by atoms with E-state index in [1.54, 1.807) is 31.6 Å². The van der Waals surface area contributed by atoms with E-state index >= 15 is 0 Å². The van der Waals surface area contributed by atoms with Crippen LogP contribution in [0.4, 0.5) is 4.39 Å². The smallest absolute Gasteiger partial charge is 0.149 e. The van der Waals surface area contributed by atoms with Crippen molar-refractivity contribution in [1.29, 1.82) is 5.41 Å². The van der Waals surface area contributed by atoms with Crippen molar-refractivity contribution < 1.29 is 14.3 Å². The van der Waals surface area contributed by atoms with Crippen LogP contribution in [0.15, 0.2) is 67.0 Å². The molecule has 1 aromatic heterocycles. The van der Waals surface area contributed by atoms with E-state index in [1.807, 2.05) is 40.4 Å². The molecule has 0 spiro atoms. The van der Waals surface area contributed by atoms with Crippen LogP contribution in [0, 0.1) is 11.2 Å². The number of amidine groups is 1. The van der Waals surface area contributed by atoms with Gasteiger partial charge in [-0.15, -0.1) is 0 Å². The third-order valence-corrected chi connectivity index (χ3v) is 4.54. The lowest BCUT2D eigenvalue weighted by molar-refractivity contribution is 0.234. The van der Waals surface area contributed by atoms with Gasteiger partial charge in [-0.25, -0.2) is 9.37 Å². The van der Waals surface area contributed by atoms with Crippen molar-refractivity contribution >= 4 is 16.9 Å². The standard InChI is InChI=1S/C21H17FN4O2/c1-28-20-8-6-15(22)11-17(20)13-3-2-4-16(9-13)26-12-24-18-10-14(21(23)25-27)5-7-19(18)26/h2-12,27H,1H3,(H2,23,25). The number of halogens is 1. The van der Waals surface area contributed by atoms with E-state index in [2.05, 4.69) is 4.98 Å². The number of fused-ring (bicyclic) bond motifs is 1. The molecule has 1 heterocycles. The fourth-order valence-corrected chi connectivity index (χ4v) is 3.17. The van der Waals surface area contributed by atoms with Crippen LogP contribution >= 0.6 is 0 Å². The second kappa shape index (κ2) is 7.13. The van der Waals surface area contributed by atoms with E-state index in [1.165, 1.54) is 12.1 Å². The van der Waals surface area contributed by atoms with Crippen molar-refractivity contribution in [3.05, 3.63) is 78.4 Å². The molecule has 4 aromatic rings. The van der Waals surface area contributed by atoms with Gasteiger partial charge in [-0.3, -0.25) is 20.7 Å². The maximum absolute atomic E-state index is 13.8. The number of rotatable bonds is 4. The second-order valence-corrected chi connectivity index (χ2v) is 6.20. The van der Waals surface area contributed by atoms with Crippen molar-refractivity contribution in [3.8, 4) is 22.6 Å². The van der Waals surface area contributed by atoms with Crippen LogP contribution in [0.25, 0.3) is 27.8 Å². The van der Waals surface area contributed by atoms with E-state index < -0.39 is 0 Å². The number of benzene rings is 3. The Labute approximate surface area is 160 Å². The third-order valence-electron chi connectivity index (χ3n) is 4.54. The van der Waals surface area contributed by atoms with Crippen molar-refractivity contribution in [3.63, 3.8) is 0 Å². The number of nitrogens with one attached hydrogen (secondary N) is 2. The van der Waals surface area contributed by atoms with Crippen molar-refractivity contribution in [2.75, 3.05) is 7.11 Å². The summed E-state index contributed by atoms with van der Waals surface area (Å²) in [4.78, 5) is 4.39. The highest BCUT2D eigenvalue weighted by molar-refractivity contribution is 5.98. The Bertz CT molecular complexity index is 1190. The molecule has 0 saturated carbocycles. The number of hydrogen-bond donors (Lipinski definition) is 3. The molecule has 4 rings (SSSR count). The maximum Gasteiger partial charge on any atom is 0.149 e. The largest absolute Gasteiger partial charge is 0.496 e. The van der Waals surface area contributed by atoms with Crippen LogP contribution in [-0.2, 0) is 0 Å². The van der Waals surface area contributed by atoms with Gasteiger partial charge in [0, 0.05) is 16.8 Å². The van der Waals surface area contributed by atoms with Crippen molar-refractivity contribution in [1.82, 2.24) is 15.0 Å². The number of hydrogen-bond acceptors (Lipinski definition) is 4. The number of hydroxylamine groups is 1. The lowest BCUT2D eigenvalue weighted by Crippen LogP contribution is -2.18. The zero-order valence-corrected chi connectivity index (χ0v) is 15.0. The Balaban J connectivity index is 1.80. The highest BCUT2D eigenvalue weighted by Gasteiger charge is 2.11. The molecule has 6 nitrogen and oxygen atoms in total. The van der Waals surface area contributed by atoms with Crippen LogP contribution < -0.4 is 10.2 Å². The summed E-state index contributed by atoms with van der Waals surface area (Å²) in [6, 6.07) is 17.4. The minimum absolute atomic E-state index is 0.100. The summed E-state index contributed by atoms with van der Waals surface area (Å²) in [5.41, 5.74) is 6.23. The van der Waals surface area contributed by atoms with Gasteiger partial charge in [0.15, 0.2) is 0 Å². The average molecular weight is 376 g/mol. The number of methoxy groups -OCH3 is 1. The minimum atomic E-state index is -0.332. The number of aromatic nitrogens is 2. The van der Waals surface area contributed by atoms with Gasteiger partial charge < -0.3 is 4.74 Å². The van der Waals surface area contributed by atoms with E-state index in [0.717, 1.165) is 16.8 Å². The summed E-state index contributed by atoms with van der Waals surface area (Å²) in [6.45, 7) is 0. The van der Waals surface area contributed by atoms with Gasteiger partial charge >= 0.3 is 0 Å². The molecule has 0 atom stereocenters. The molecule has 0 aliphatic carbocycles. The SMILES string of the molecule is COc1ccc(F)cc1-c1cccc(-n2cnc3cc(C(=N)NO)ccc32)c1. The number of nitrogens with zero attached hydrogens (tertiary/aromatic N) is 2. The Morgan fingerprint density at radius 2 is 2.00 bits per heavy atom. The van der Waals surface area contributed by atoms with Crippen LogP contribution in [-0.4, -0.2) is 27.7 Å². The summed E-state index contributed by atoms with van der Waals surface area (Å²) in [6.07, 6.45) is 1.69. The monoisotopic (exact) mass is 376 g/mol. The molecule has 3 N–H and O–H groups in total. The van der Waals surface area contributed by atoms with Crippen LogP contribution in [0.1, 0.15) is 5.56 Å². The highest BCUT2D eigenvalue weighted by atomic mass is 19.1. The first-order valence-corrected chi connectivity index (χ1v) is 8.51. The summed E-state index contributed by atoms with van der Waals surface area (Å²) >= 11 is 0. The van der Waals surface area contributed by atoms with Gasteiger partial charge in [0.2, 0.25) is 0 Å². The van der Waals surface area contributed by atoms with Crippen LogP contribution in [0.3, 0.4) is 0 Å². The molecule has 0 radical (unpaired) electrons. The first kappa shape index (κ1) is 17.7. The molecule has 140 valence electrons. The van der Waals surface area contributed by atoms with Crippen LogP contribution in [0.5, 0.6) is 5.75 Å². The molecule has 0 saturated heterocycles. The molecule has 0 amide bonds. The number of imidazole rings is 1. The Kier molecular flexibility index (Phi) is 4.50. The van der Waals surface area contributed by atoms with Gasteiger partial charge in [-0.2, -0.15) is 0 Å². The van der Waals surface area contributed by atoms with Crippen molar-refractivity contribution in [2.24, 2.45) is 0 Å². The van der Waals surface area contributed by atoms with Gasteiger partial charge in [-0.05, 0) is 54.1 Å². The second-order valence-electron chi connectivity index (χ2n) is 6.20. The number of ether oxygens (including phenoxy) is 1. The van der Waals surface area contributed by atoms with Gasteiger partial charge in [0.1, 0.15) is 23.7 Å². The quantitative estimate of drug-likeness (QED) is 0.284. The molecular weight excluding hydrogens is 359 g/mol. The first-order chi connectivity index (χ1) is 13.6. The van der Waals surface area contributed by atoms with E-state index in [4.69, 9.17) is 15.4 Å². The summed E-state index contributed by atoms with van der Waals surface area (Å²) in [5, 5.41) is 16.6. The average Bonchev–Trinajstić information content (AvgIpc) is 3.16. The molecule has 0 unspecified atom stereocenters. The van der Waals surface area contributed by atoms with Gasteiger partial charge in [0.05, 0.1) is 18.1 Å². The van der Waals surface area contributed by atoms with E-state index in [9.17, 15) is 4.39 Å². The Morgan fingerprint density at radius 3 is 2.79 bits per heavy atom. The predicted molar refractivity (Wildman–Crippen MR) is 105 cm³/mol. The zero-order valence-electron chi connectivity index (χ0n) is 15.0. The molecule has 0 bridgehead atoms. The fraction of sp³-hybridized carbons (Fsp3) is 0.0476.